The molecule has 0 unspecified atom stereocenters. The van der Waals surface area contributed by atoms with E-state index >= 15 is 0 Å². The number of nitrogens with two attached hydrogens (primary N) is 1. The average molecular weight is 411 g/mol. The number of hydrogen-bond acceptors (Lipinski definition) is 4. The smallest absolute Gasteiger partial charge is 0.238 e. The summed E-state index contributed by atoms with van der Waals surface area (Å²) in [5.41, 5.74) is 1.45. The molecule has 3 rings (SSSR count). The predicted octanol–water partition coefficient (Wildman–Crippen LogP) is 2.34. The molecule has 126 valence electrons. The Morgan fingerprint density at radius 1 is 1.25 bits per heavy atom. The molecule has 0 radical (unpaired) electrons. The number of benzene rings is 2. The molecule has 0 aliphatic carbocycles. The summed E-state index contributed by atoms with van der Waals surface area (Å²) in [7, 11) is -2.23. The number of sulfonamides is 1. The van der Waals surface area contributed by atoms with E-state index < -0.39 is 10.0 Å². The third-order valence-corrected chi connectivity index (χ3v) is 5.08. The van der Waals surface area contributed by atoms with Crippen LogP contribution in [0.3, 0.4) is 0 Å². The lowest BCUT2D eigenvalue weighted by Gasteiger charge is -2.17. The zero-order valence-electron chi connectivity index (χ0n) is 12.7. The minimum Gasteiger partial charge on any atom is -0.497 e. The Morgan fingerprint density at radius 2 is 1.92 bits per heavy atom. The van der Waals surface area contributed by atoms with Gasteiger partial charge in [0.25, 0.3) is 0 Å². The van der Waals surface area contributed by atoms with E-state index in [1.807, 2.05) is 24.3 Å². The van der Waals surface area contributed by atoms with Gasteiger partial charge in [-0.1, -0.05) is 18.2 Å². The molecule has 0 amide bonds. The molecule has 2 aromatic carbocycles. The predicted molar refractivity (Wildman–Crippen MR) is 93.2 cm³/mol. The Hall–Kier alpha value is -2.10. The molecule has 3 aromatic rings. The maximum Gasteiger partial charge on any atom is 0.238 e. The number of aromatic nitrogens is 3. The van der Waals surface area contributed by atoms with Gasteiger partial charge in [0.2, 0.25) is 10.0 Å². The van der Waals surface area contributed by atoms with E-state index in [4.69, 9.17) is 9.88 Å². The van der Waals surface area contributed by atoms with Crippen molar-refractivity contribution in [1.29, 1.82) is 0 Å². The Morgan fingerprint density at radius 3 is 2.50 bits per heavy atom. The number of aromatic amines is 1. The minimum atomic E-state index is -3.84. The molecule has 0 aliphatic heterocycles. The maximum atomic E-state index is 11.7. The van der Waals surface area contributed by atoms with Gasteiger partial charge in [-0.25, -0.2) is 13.6 Å². The van der Waals surface area contributed by atoms with E-state index in [0.717, 1.165) is 11.3 Å². The SMILES string of the molecule is COc1ccc(Cn2nc(-c3c(Br)cccc3S(N)(=O)=O)[nH]2)cc1. The summed E-state index contributed by atoms with van der Waals surface area (Å²) in [6, 6.07) is 12.4. The van der Waals surface area contributed by atoms with E-state index in [-0.39, 0.29) is 4.90 Å². The fourth-order valence-corrected chi connectivity index (χ4v) is 3.75. The van der Waals surface area contributed by atoms with Crippen LogP contribution in [0.4, 0.5) is 0 Å². The van der Waals surface area contributed by atoms with Crippen LogP contribution in [0.2, 0.25) is 0 Å². The van der Waals surface area contributed by atoms with Crippen LogP contribution in [-0.4, -0.2) is 30.5 Å². The molecule has 7 nitrogen and oxygen atoms in total. The highest BCUT2D eigenvalue weighted by atomic mass is 79.9. The Bertz CT molecular complexity index is 949. The molecule has 0 atom stereocenters. The van der Waals surface area contributed by atoms with Gasteiger partial charge in [-0.2, -0.15) is 4.80 Å². The molecular formula is C15H15BrN4O3S. The summed E-state index contributed by atoms with van der Waals surface area (Å²) >= 11 is 3.34. The van der Waals surface area contributed by atoms with Gasteiger partial charge in [-0.3, -0.25) is 5.10 Å². The standard InChI is InChI=1S/C15H15BrN4O3S/c1-23-11-7-5-10(6-8-11)9-20-18-15(19-20)14-12(16)3-2-4-13(14)24(17,21)22/h2-8H,9H2,1H3,(H,18,19)(H2,17,21,22). The van der Waals surface area contributed by atoms with Crippen molar-refractivity contribution in [3.8, 4) is 17.1 Å². The normalized spacial score (nSPS) is 11.6. The van der Waals surface area contributed by atoms with Gasteiger partial charge in [-0.05, 0) is 45.8 Å². The largest absolute Gasteiger partial charge is 0.497 e. The molecule has 24 heavy (non-hydrogen) atoms. The van der Waals surface area contributed by atoms with Crippen molar-refractivity contribution in [2.45, 2.75) is 11.4 Å². The topological polar surface area (TPSA) is 103 Å². The summed E-state index contributed by atoms with van der Waals surface area (Å²) in [5.74, 6) is 1.23. The highest BCUT2D eigenvalue weighted by Crippen LogP contribution is 2.32. The molecule has 1 aromatic heterocycles. The van der Waals surface area contributed by atoms with Crippen molar-refractivity contribution >= 4 is 26.0 Å². The second-order valence-corrected chi connectivity index (χ2v) is 7.51. The molecule has 0 saturated heterocycles. The molecule has 0 aliphatic rings. The lowest BCUT2D eigenvalue weighted by molar-refractivity contribution is 0.414. The number of rotatable bonds is 5. The molecular weight excluding hydrogens is 396 g/mol. The number of halogens is 1. The van der Waals surface area contributed by atoms with Crippen molar-refractivity contribution in [2.24, 2.45) is 5.14 Å². The van der Waals surface area contributed by atoms with Gasteiger partial charge in [0.15, 0.2) is 5.82 Å². The van der Waals surface area contributed by atoms with Crippen molar-refractivity contribution in [2.75, 3.05) is 7.11 Å². The molecule has 0 fully saturated rings. The molecule has 3 N–H and O–H groups in total. The van der Waals surface area contributed by atoms with Crippen LogP contribution in [0.25, 0.3) is 11.4 Å². The Balaban J connectivity index is 1.86. The van der Waals surface area contributed by atoms with Gasteiger partial charge in [0.05, 0.1) is 24.1 Å². The first-order chi connectivity index (χ1) is 11.4. The zero-order valence-corrected chi connectivity index (χ0v) is 15.1. The molecule has 0 spiro atoms. The number of nitrogens with one attached hydrogen (secondary N) is 1. The van der Waals surface area contributed by atoms with E-state index in [1.165, 1.54) is 6.07 Å². The maximum absolute atomic E-state index is 11.7. The monoisotopic (exact) mass is 410 g/mol. The van der Waals surface area contributed by atoms with E-state index in [1.54, 1.807) is 24.0 Å². The van der Waals surface area contributed by atoms with Crippen LogP contribution in [-0.2, 0) is 16.6 Å². The van der Waals surface area contributed by atoms with Gasteiger partial charge in [0, 0.05) is 4.47 Å². The van der Waals surface area contributed by atoms with Crippen LogP contribution in [0.15, 0.2) is 51.8 Å². The summed E-state index contributed by atoms with van der Waals surface area (Å²) in [5, 5.41) is 12.6. The second kappa shape index (κ2) is 6.42. The van der Waals surface area contributed by atoms with Crippen LogP contribution in [0.5, 0.6) is 5.75 Å². The first kappa shape index (κ1) is 16.7. The Kier molecular flexibility index (Phi) is 4.48. The summed E-state index contributed by atoms with van der Waals surface area (Å²) in [6.07, 6.45) is 0. The highest BCUT2D eigenvalue weighted by Gasteiger charge is 2.21. The molecule has 0 bridgehead atoms. The van der Waals surface area contributed by atoms with Crippen LogP contribution in [0.1, 0.15) is 5.56 Å². The van der Waals surface area contributed by atoms with E-state index in [0.29, 0.717) is 22.4 Å². The third kappa shape index (κ3) is 3.37. The summed E-state index contributed by atoms with van der Waals surface area (Å²) in [4.78, 5) is 1.64. The number of H-pyrrole nitrogens is 1. The van der Waals surface area contributed by atoms with Crippen molar-refractivity contribution in [3.63, 3.8) is 0 Å². The van der Waals surface area contributed by atoms with Crippen LogP contribution >= 0.6 is 15.9 Å². The summed E-state index contributed by atoms with van der Waals surface area (Å²) in [6.45, 7) is 0.530. The number of hydrogen-bond donors (Lipinski definition) is 2. The van der Waals surface area contributed by atoms with E-state index in [2.05, 4.69) is 26.1 Å². The quantitative estimate of drug-likeness (QED) is 0.673. The van der Waals surface area contributed by atoms with Gasteiger partial charge < -0.3 is 4.74 Å². The second-order valence-electron chi connectivity index (χ2n) is 5.12. The van der Waals surface area contributed by atoms with Gasteiger partial charge >= 0.3 is 0 Å². The van der Waals surface area contributed by atoms with Crippen molar-refractivity contribution in [3.05, 3.63) is 52.5 Å². The third-order valence-electron chi connectivity index (χ3n) is 3.47. The van der Waals surface area contributed by atoms with Crippen LogP contribution in [0, 0.1) is 0 Å². The first-order valence-corrected chi connectivity index (χ1v) is 9.30. The molecule has 0 saturated carbocycles. The fourth-order valence-electron chi connectivity index (χ4n) is 2.30. The molecule has 9 heteroatoms. The van der Waals surface area contributed by atoms with E-state index in [9.17, 15) is 8.42 Å². The van der Waals surface area contributed by atoms with Crippen LogP contribution < -0.4 is 9.88 Å². The van der Waals surface area contributed by atoms with Gasteiger partial charge in [0.1, 0.15) is 5.75 Å². The average Bonchev–Trinajstić information content (AvgIpc) is 2.50. The van der Waals surface area contributed by atoms with Gasteiger partial charge in [-0.15, -0.1) is 5.10 Å². The van der Waals surface area contributed by atoms with Crippen molar-refractivity contribution in [1.82, 2.24) is 15.0 Å². The number of ether oxygens (including phenoxy) is 1. The number of methoxy groups -OCH3 is 1. The lowest BCUT2D eigenvalue weighted by Crippen LogP contribution is -2.20. The lowest BCUT2D eigenvalue weighted by atomic mass is 10.2. The highest BCUT2D eigenvalue weighted by molar-refractivity contribution is 9.10. The minimum absolute atomic E-state index is 0.0206. The number of primary sulfonamides is 1. The van der Waals surface area contributed by atoms with Crippen molar-refractivity contribution < 1.29 is 13.2 Å². The fraction of sp³-hybridized carbons (Fsp3) is 0.133. The molecule has 1 heterocycles. The number of nitrogens with zero attached hydrogens (tertiary/aromatic N) is 2. The zero-order chi connectivity index (χ0) is 17.3. The Labute approximate surface area is 147 Å². The first-order valence-electron chi connectivity index (χ1n) is 6.96. The summed E-state index contributed by atoms with van der Waals surface area (Å²) < 4.78 is 29.2.